The third kappa shape index (κ3) is 4.05. The summed E-state index contributed by atoms with van der Waals surface area (Å²) in [7, 11) is 1.62. The molecule has 2 aromatic rings. The van der Waals surface area contributed by atoms with Crippen LogP contribution in [-0.2, 0) is 25.6 Å². The van der Waals surface area contributed by atoms with Crippen molar-refractivity contribution in [3.63, 3.8) is 0 Å². The smallest absolute Gasteiger partial charge is 0.184 e. The molecule has 0 spiro atoms. The zero-order chi connectivity index (χ0) is 19.5. The fourth-order valence-corrected chi connectivity index (χ4v) is 3.44. The summed E-state index contributed by atoms with van der Waals surface area (Å²) in [4.78, 5) is 0. The van der Waals surface area contributed by atoms with Gasteiger partial charge in [-0.1, -0.05) is 42.5 Å². The molecule has 7 nitrogen and oxygen atoms in total. The lowest BCUT2D eigenvalue weighted by Crippen LogP contribution is -2.64. The van der Waals surface area contributed by atoms with Crippen LogP contribution in [-0.4, -0.2) is 49.5 Å². The van der Waals surface area contributed by atoms with Gasteiger partial charge in [0.2, 0.25) is 0 Å². The second-order valence-corrected chi connectivity index (χ2v) is 6.95. The molecule has 0 radical (unpaired) electrons. The van der Waals surface area contributed by atoms with Gasteiger partial charge < -0.3 is 34.5 Å². The van der Waals surface area contributed by atoms with Crippen LogP contribution in [0.15, 0.2) is 54.6 Å². The average molecular weight is 387 g/mol. The number of aliphatic hydroxyl groups is 1. The van der Waals surface area contributed by atoms with Crippen molar-refractivity contribution in [2.45, 2.75) is 43.5 Å². The molecule has 0 aromatic heterocycles. The summed E-state index contributed by atoms with van der Waals surface area (Å²) in [6.07, 6.45) is -3.25. The predicted octanol–water partition coefficient (Wildman–Crippen LogP) is 1.74. The van der Waals surface area contributed by atoms with Crippen LogP contribution < -0.4 is 10.5 Å². The fraction of sp³-hybridized carbons (Fsp3) is 0.429. The Morgan fingerprint density at radius 2 is 1.82 bits per heavy atom. The second kappa shape index (κ2) is 8.57. The first kappa shape index (κ1) is 19.3. The molecule has 2 heterocycles. The Morgan fingerprint density at radius 3 is 2.54 bits per heavy atom. The van der Waals surface area contributed by atoms with Crippen LogP contribution in [0.25, 0.3) is 0 Å². The van der Waals surface area contributed by atoms with E-state index in [0.29, 0.717) is 6.61 Å². The zero-order valence-corrected chi connectivity index (χ0v) is 15.6. The molecule has 2 aromatic carbocycles. The largest absolute Gasteiger partial charge is 0.497 e. The summed E-state index contributed by atoms with van der Waals surface area (Å²) in [6.45, 7) is 0.594. The molecule has 0 aliphatic carbocycles. The van der Waals surface area contributed by atoms with Crippen LogP contribution in [0, 0.1) is 0 Å². The molecule has 0 saturated carbocycles. The van der Waals surface area contributed by atoms with Gasteiger partial charge in [0.1, 0.15) is 24.1 Å². The van der Waals surface area contributed by atoms with Crippen molar-refractivity contribution < 1.29 is 28.8 Å². The third-order valence-electron chi connectivity index (χ3n) is 5.06. The maximum atomic E-state index is 10.7. The number of nitrogens with two attached hydrogens (primary N) is 1. The van der Waals surface area contributed by atoms with Crippen molar-refractivity contribution in [3.8, 4) is 5.75 Å². The fourth-order valence-electron chi connectivity index (χ4n) is 3.44. The van der Waals surface area contributed by atoms with E-state index >= 15 is 0 Å². The quantitative estimate of drug-likeness (QED) is 0.807. The molecule has 2 aliphatic rings. The molecule has 6 atom stereocenters. The lowest BCUT2D eigenvalue weighted by atomic mass is 9.96. The van der Waals surface area contributed by atoms with E-state index in [4.69, 9.17) is 29.4 Å². The number of aliphatic hydroxyl groups excluding tert-OH is 1. The minimum absolute atomic E-state index is 0.288. The molecule has 1 unspecified atom stereocenters. The standard InChI is InChI=1S/C21H25NO6/c1-24-15-9-7-13(8-10-15)11-25-21-17(22)18(23)19-16(27-21)12-26-20(28-19)14-5-3-2-4-6-14/h2-10,16-21,23H,11-12,22H2,1H3/t16-,17-,18-,19-,20?,21-/m1/s1. The molecule has 0 amide bonds. The number of hydrogen-bond acceptors (Lipinski definition) is 7. The Bertz CT molecular complexity index is 753. The van der Waals surface area contributed by atoms with Crippen LogP contribution in [0.3, 0.4) is 0 Å². The Morgan fingerprint density at radius 1 is 1.07 bits per heavy atom. The van der Waals surface area contributed by atoms with Crippen molar-refractivity contribution in [3.05, 3.63) is 65.7 Å². The van der Waals surface area contributed by atoms with E-state index in [9.17, 15) is 5.11 Å². The number of fused-ring (bicyclic) bond motifs is 1. The topological polar surface area (TPSA) is 92.4 Å². The first-order valence-corrected chi connectivity index (χ1v) is 9.31. The number of methoxy groups -OCH3 is 1. The van der Waals surface area contributed by atoms with Crippen LogP contribution in [0.1, 0.15) is 17.4 Å². The van der Waals surface area contributed by atoms with Crippen molar-refractivity contribution in [2.75, 3.05) is 13.7 Å². The lowest BCUT2D eigenvalue weighted by Gasteiger charge is -2.46. The van der Waals surface area contributed by atoms with Crippen molar-refractivity contribution in [1.29, 1.82) is 0 Å². The first-order valence-electron chi connectivity index (χ1n) is 9.31. The summed E-state index contributed by atoms with van der Waals surface area (Å²) in [5, 5.41) is 10.7. The van der Waals surface area contributed by atoms with Gasteiger partial charge in [0, 0.05) is 5.56 Å². The highest BCUT2D eigenvalue weighted by atomic mass is 16.7. The first-order chi connectivity index (χ1) is 13.7. The van der Waals surface area contributed by atoms with Gasteiger partial charge in [-0.2, -0.15) is 0 Å². The summed E-state index contributed by atoms with van der Waals surface area (Å²) < 4.78 is 28.7. The highest BCUT2D eigenvalue weighted by Crippen LogP contribution is 2.34. The summed E-state index contributed by atoms with van der Waals surface area (Å²) in [5.74, 6) is 0.775. The van der Waals surface area contributed by atoms with Crippen LogP contribution in [0.2, 0.25) is 0 Å². The van der Waals surface area contributed by atoms with Crippen molar-refractivity contribution in [1.82, 2.24) is 0 Å². The predicted molar refractivity (Wildman–Crippen MR) is 100 cm³/mol. The minimum atomic E-state index is -0.922. The van der Waals surface area contributed by atoms with E-state index in [1.54, 1.807) is 7.11 Å². The molecule has 7 heteroatoms. The number of benzene rings is 2. The van der Waals surface area contributed by atoms with Crippen molar-refractivity contribution >= 4 is 0 Å². The van der Waals surface area contributed by atoms with Gasteiger partial charge in [-0.05, 0) is 17.7 Å². The van der Waals surface area contributed by atoms with E-state index in [1.807, 2.05) is 54.6 Å². The Balaban J connectivity index is 1.37. The van der Waals surface area contributed by atoms with Crippen LogP contribution in [0.5, 0.6) is 5.75 Å². The third-order valence-corrected chi connectivity index (χ3v) is 5.06. The molecule has 4 rings (SSSR count). The van der Waals surface area contributed by atoms with Crippen LogP contribution >= 0.6 is 0 Å². The lowest BCUT2D eigenvalue weighted by molar-refractivity contribution is -0.343. The van der Waals surface area contributed by atoms with Gasteiger partial charge in [0.05, 0.1) is 26.4 Å². The highest BCUT2D eigenvalue weighted by molar-refractivity contribution is 5.26. The van der Waals surface area contributed by atoms with E-state index in [0.717, 1.165) is 16.9 Å². The van der Waals surface area contributed by atoms with E-state index in [2.05, 4.69) is 0 Å². The van der Waals surface area contributed by atoms with E-state index in [-0.39, 0.29) is 6.61 Å². The Labute approximate surface area is 163 Å². The molecule has 2 saturated heterocycles. The maximum absolute atomic E-state index is 10.7. The van der Waals surface area contributed by atoms with Crippen LogP contribution in [0.4, 0.5) is 0 Å². The Hall–Kier alpha value is -2.00. The summed E-state index contributed by atoms with van der Waals surface area (Å²) >= 11 is 0. The monoisotopic (exact) mass is 387 g/mol. The molecule has 150 valence electrons. The molecule has 3 N–H and O–H groups in total. The number of ether oxygens (including phenoxy) is 5. The van der Waals surface area contributed by atoms with E-state index < -0.39 is 36.9 Å². The van der Waals surface area contributed by atoms with Gasteiger partial charge in [0.25, 0.3) is 0 Å². The van der Waals surface area contributed by atoms with Gasteiger partial charge >= 0.3 is 0 Å². The van der Waals surface area contributed by atoms with Gasteiger partial charge in [-0.3, -0.25) is 0 Å². The van der Waals surface area contributed by atoms with Gasteiger partial charge in [-0.15, -0.1) is 0 Å². The van der Waals surface area contributed by atoms with Gasteiger partial charge in [-0.25, -0.2) is 0 Å². The van der Waals surface area contributed by atoms with E-state index in [1.165, 1.54) is 0 Å². The molecule has 2 aliphatic heterocycles. The normalized spacial score (nSPS) is 32.5. The number of hydrogen-bond donors (Lipinski definition) is 2. The molecule has 28 heavy (non-hydrogen) atoms. The SMILES string of the molecule is COc1ccc(CO[C@@H]2O[C@@H]3COC(c4ccccc4)O[C@H]3[C@H](O)[C@H]2N)cc1. The molecule has 2 fully saturated rings. The summed E-state index contributed by atoms with van der Waals surface area (Å²) in [6, 6.07) is 16.4. The molecule has 0 bridgehead atoms. The highest BCUT2D eigenvalue weighted by Gasteiger charge is 2.48. The zero-order valence-electron chi connectivity index (χ0n) is 15.6. The second-order valence-electron chi connectivity index (χ2n) is 6.95. The van der Waals surface area contributed by atoms with Gasteiger partial charge in [0.15, 0.2) is 12.6 Å². The minimum Gasteiger partial charge on any atom is -0.497 e. The molecular weight excluding hydrogens is 362 g/mol. The summed E-state index contributed by atoms with van der Waals surface area (Å²) in [5.41, 5.74) is 8.02. The number of rotatable bonds is 5. The average Bonchev–Trinajstić information content (AvgIpc) is 2.76. The maximum Gasteiger partial charge on any atom is 0.184 e. The van der Waals surface area contributed by atoms with Crippen molar-refractivity contribution in [2.24, 2.45) is 5.73 Å². The molecular formula is C21H25NO6. The Kier molecular flexibility index (Phi) is 5.91.